The second-order valence-corrected chi connectivity index (χ2v) is 10.4. The smallest absolute Gasteiger partial charge is 0.417 e. The van der Waals surface area contributed by atoms with Crippen molar-refractivity contribution in [1.29, 1.82) is 0 Å². The lowest BCUT2D eigenvalue weighted by Crippen LogP contribution is -2.41. The van der Waals surface area contributed by atoms with Crippen molar-refractivity contribution >= 4 is 11.9 Å². The van der Waals surface area contributed by atoms with E-state index >= 15 is 0 Å². The van der Waals surface area contributed by atoms with Crippen molar-refractivity contribution in [2.75, 3.05) is 19.7 Å². The molecular formula is C30H46F3NO3. The molecule has 0 spiro atoms. The molecule has 1 fully saturated rings. The van der Waals surface area contributed by atoms with Gasteiger partial charge in [0.2, 0.25) is 0 Å². The maximum Gasteiger partial charge on any atom is 0.417 e. The Morgan fingerprint density at radius 1 is 0.811 bits per heavy atom. The number of rotatable bonds is 17. The minimum Gasteiger partial charge on any atom is -0.465 e. The Hall–Kier alpha value is -2.05. The first-order chi connectivity index (χ1) is 17.8. The Kier molecular flexibility index (Phi) is 14.7. The second kappa shape index (κ2) is 17.5. The number of carbonyl (C=O) groups excluding carboxylic acids is 2. The summed E-state index contributed by atoms with van der Waals surface area (Å²) in [6.45, 7) is 3.17. The second-order valence-electron chi connectivity index (χ2n) is 10.4. The quantitative estimate of drug-likeness (QED) is 0.151. The third kappa shape index (κ3) is 11.9. The van der Waals surface area contributed by atoms with Gasteiger partial charge in [-0.15, -0.1) is 0 Å². The van der Waals surface area contributed by atoms with Crippen LogP contribution in [0.15, 0.2) is 24.3 Å². The summed E-state index contributed by atoms with van der Waals surface area (Å²) in [7, 11) is 0. The van der Waals surface area contributed by atoms with Crippen molar-refractivity contribution in [2.45, 2.75) is 116 Å². The molecule has 4 nitrogen and oxygen atoms in total. The van der Waals surface area contributed by atoms with Crippen molar-refractivity contribution in [1.82, 2.24) is 4.90 Å². The van der Waals surface area contributed by atoms with Crippen LogP contribution in [0.25, 0.3) is 0 Å². The van der Waals surface area contributed by atoms with Crippen LogP contribution in [0.1, 0.15) is 126 Å². The number of likely N-dealkylation sites (tertiary alicyclic amines) is 1. The van der Waals surface area contributed by atoms with Gasteiger partial charge in [-0.2, -0.15) is 13.2 Å². The molecule has 0 N–H and O–H groups in total. The Morgan fingerprint density at radius 3 is 1.81 bits per heavy atom. The first kappa shape index (κ1) is 31.2. The Morgan fingerprint density at radius 2 is 1.30 bits per heavy atom. The normalized spacial score (nSPS) is 14.6. The lowest BCUT2D eigenvalue weighted by Gasteiger charge is -2.31. The summed E-state index contributed by atoms with van der Waals surface area (Å²) in [4.78, 5) is 26.5. The fourth-order valence-electron chi connectivity index (χ4n) is 4.99. The van der Waals surface area contributed by atoms with Gasteiger partial charge in [0.15, 0.2) is 0 Å². The van der Waals surface area contributed by atoms with Crippen LogP contribution in [0.2, 0.25) is 0 Å². The number of carbonyl (C=O) groups is 2. The SMILES string of the molecule is CCCCCCCCCCCCCCCCOC(=O)C1CCN(C(=O)c2ccccc2C(F)(F)F)CC1. The molecule has 0 aliphatic carbocycles. The third-order valence-corrected chi connectivity index (χ3v) is 7.32. The zero-order chi connectivity index (χ0) is 26.9. The minimum absolute atomic E-state index is 0.252. The highest BCUT2D eigenvalue weighted by atomic mass is 19.4. The van der Waals surface area contributed by atoms with Crippen molar-refractivity contribution in [3.05, 3.63) is 35.4 Å². The maximum absolute atomic E-state index is 13.2. The molecule has 210 valence electrons. The van der Waals surface area contributed by atoms with Crippen LogP contribution in [0.4, 0.5) is 13.2 Å². The first-order valence-corrected chi connectivity index (χ1v) is 14.5. The number of hydrogen-bond acceptors (Lipinski definition) is 3. The van der Waals surface area contributed by atoms with Gasteiger partial charge >= 0.3 is 12.1 Å². The molecule has 0 saturated carbocycles. The number of unbranched alkanes of at least 4 members (excludes halogenated alkanes) is 13. The van der Waals surface area contributed by atoms with Gasteiger partial charge in [0.05, 0.1) is 23.7 Å². The molecule has 1 saturated heterocycles. The minimum atomic E-state index is -4.58. The van der Waals surface area contributed by atoms with Gasteiger partial charge in [-0.25, -0.2) is 0 Å². The summed E-state index contributed by atoms with van der Waals surface area (Å²) >= 11 is 0. The summed E-state index contributed by atoms with van der Waals surface area (Å²) < 4.78 is 45.2. The van der Waals surface area contributed by atoms with Crippen molar-refractivity contribution in [3.63, 3.8) is 0 Å². The molecule has 0 atom stereocenters. The standard InChI is InChI=1S/C30H46F3NO3/c1-2-3-4-5-6-7-8-9-10-11-12-13-14-17-24-37-29(36)25-20-22-34(23-21-25)28(35)26-18-15-16-19-27(26)30(31,32)33/h15-16,18-19,25H,2-14,17,20-24H2,1H3. The number of amides is 1. The summed E-state index contributed by atoms with van der Waals surface area (Å²) in [5.41, 5.74) is -1.26. The van der Waals surface area contributed by atoms with Crippen molar-refractivity contribution < 1.29 is 27.5 Å². The Labute approximate surface area is 221 Å². The van der Waals surface area contributed by atoms with E-state index in [0.29, 0.717) is 19.4 Å². The van der Waals surface area contributed by atoms with Crippen LogP contribution >= 0.6 is 0 Å². The summed E-state index contributed by atoms with van der Waals surface area (Å²) in [5, 5.41) is 0. The van der Waals surface area contributed by atoms with Crippen molar-refractivity contribution in [3.8, 4) is 0 Å². The zero-order valence-corrected chi connectivity index (χ0v) is 22.6. The van der Waals surface area contributed by atoms with Crippen LogP contribution in [0, 0.1) is 5.92 Å². The monoisotopic (exact) mass is 525 g/mol. The molecule has 0 aromatic heterocycles. The number of hydrogen-bond donors (Lipinski definition) is 0. The molecule has 1 heterocycles. The van der Waals surface area contributed by atoms with Crippen molar-refractivity contribution in [2.24, 2.45) is 5.92 Å². The molecule has 1 aliphatic rings. The number of alkyl halides is 3. The van der Waals surface area contributed by atoms with Gasteiger partial charge in [0.1, 0.15) is 0 Å². The van der Waals surface area contributed by atoms with E-state index in [9.17, 15) is 22.8 Å². The highest BCUT2D eigenvalue weighted by Crippen LogP contribution is 2.33. The molecule has 1 aromatic rings. The van der Waals surface area contributed by atoms with Gasteiger partial charge in [-0.05, 0) is 31.4 Å². The third-order valence-electron chi connectivity index (χ3n) is 7.32. The van der Waals surface area contributed by atoms with E-state index in [1.807, 2.05) is 0 Å². The molecule has 0 bridgehead atoms. The number of halogens is 3. The molecule has 1 aromatic carbocycles. The van der Waals surface area contributed by atoms with E-state index in [1.54, 1.807) is 0 Å². The van der Waals surface area contributed by atoms with Gasteiger partial charge < -0.3 is 9.64 Å². The van der Waals surface area contributed by atoms with Crippen LogP contribution in [-0.2, 0) is 15.7 Å². The molecule has 1 aliphatic heterocycles. The van der Waals surface area contributed by atoms with E-state index < -0.39 is 17.6 Å². The van der Waals surface area contributed by atoms with E-state index in [0.717, 1.165) is 25.3 Å². The predicted octanol–water partition coefficient (Wildman–Crippen LogP) is 8.58. The van der Waals surface area contributed by atoms with E-state index in [-0.39, 0.29) is 30.5 Å². The molecule has 1 amide bonds. The topological polar surface area (TPSA) is 46.6 Å². The first-order valence-electron chi connectivity index (χ1n) is 14.5. The fourth-order valence-corrected chi connectivity index (χ4v) is 4.99. The summed E-state index contributed by atoms with van der Waals surface area (Å²) in [6, 6.07) is 4.85. The average Bonchev–Trinajstić information content (AvgIpc) is 2.90. The zero-order valence-electron chi connectivity index (χ0n) is 22.6. The van der Waals surface area contributed by atoms with Crippen LogP contribution in [0.5, 0.6) is 0 Å². The van der Waals surface area contributed by atoms with Crippen LogP contribution in [0.3, 0.4) is 0 Å². The number of ether oxygens (including phenoxy) is 1. The molecule has 2 rings (SSSR count). The maximum atomic E-state index is 13.2. The van der Waals surface area contributed by atoms with Gasteiger partial charge in [-0.3, -0.25) is 9.59 Å². The number of benzene rings is 1. The largest absolute Gasteiger partial charge is 0.465 e. The van der Waals surface area contributed by atoms with E-state index in [2.05, 4.69) is 6.92 Å². The molecular weight excluding hydrogens is 479 g/mol. The molecule has 37 heavy (non-hydrogen) atoms. The Balaban J connectivity index is 1.50. The Bertz CT molecular complexity index is 789. The highest BCUT2D eigenvalue weighted by molar-refractivity contribution is 5.96. The molecule has 7 heteroatoms. The molecule has 0 unspecified atom stereocenters. The van der Waals surface area contributed by atoms with Crippen LogP contribution in [-0.4, -0.2) is 36.5 Å². The average molecular weight is 526 g/mol. The lowest BCUT2D eigenvalue weighted by atomic mass is 9.96. The van der Waals surface area contributed by atoms with Gasteiger partial charge in [-0.1, -0.05) is 103 Å². The number of esters is 1. The van der Waals surface area contributed by atoms with E-state index in [1.165, 1.54) is 93.7 Å². The molecule has 0 radical (unpaired) electrons. The predicted molar refractivity (Wildman–Crippen MR) is 141 cm³/mol. The summed E-state index contributed by atoms with van der Waals surface area (Å²) in [6.07, 6.45) is 14.0. The highest BCUT2D eigenvalue weighted by Gasteiger charge is 2.37. The summed E-state index contributed by atoms with van der Waals surface area (Å²) in [5.74, 6) is -1.19. The fraction of sp³-hybridized carbons (Fsp3) is 0.733. The van der Waals surface area contributed by atoms with E-state index in [4.69, 9.17) is 4.74 Å². The lowest BCUT2D eigenvalue weighted by molar-refractivity contribution is -0.150. The van der Waals surface area contributed by atoms with Gasteiger partial charge in [0, 0.05) is 13.1 Å². The van der Waals surface area contributed by atoms with Gasteiger partial charge in [0.25, 0.3) is 5.91 Å². The number of piperidine rings is 1. The van der Waals surface area contributed by atoms with Crippen LogP contribution < -0.4 is 0 Å². The number of nitrogens with zero attached hydrogens (tertiary/aromatic N) is 1.